The molecule has 0 aromatic heterocycles. The Labute approximate surface area is 287 Å². The number of hydrogen-bond acceptors (Lipinski definition) is 1. The van der Waals surface area contributed by atoms with Crippen LogP contribution in [-0.2, 0) is 0 Å². The lowest BCUT2D eigenvalue weighted by atomic mass is 9.91. The van der Waals surface area contributed by atoms with E-state index in [0.29, 0.717) is 0 Å². The lowest BCUT2D eigenvalue weighted by Crippen LogP contribution is -2.23. The third-order valence-corrected chi connectivity index (χ3v) is 10.6. The Kier molecular flexibility index (Phi) is 38.4. The molecule has 272 valence electrons. The van der Waals surface area contributed by atoms with E-state index in [1.54, 1.807) is 0 Å². The summed E-state index contributed by atoms with van der Waals surface area (Å²) in [4.78, 5) is 0. The molecule has 0 heterocycles. The van der Waals surface area contributed by atoms with Gasteiger partial charge in [0.05, 0.1) is 5.60 Å². The molecule has 0 fully saturated rings. The minimum atomic E-state index is -0.427. The van der Waals surface area contributed by atoms with Gasteiger partial charge in [-0.3, -0.25) is 0 Å². The summed E-state index contributed by atoms with van der Waals surface area (Å²) >= 11 is 0. The van der Waals surface area contributed by atoms with Crippen molar-refractivity contribution in [3.8, 4) is 0 Å². The predicted molar refractivity (Wildman–Crippen MR) is 207 cm³/mol. The van der Waals surface area contributed by atoms with E-state index in [2.05, 4.69) is 20.8 Å². The van der Waals surface area contributed by atoms with E-state index in [9.17, 15) is 5.11 Å². The van der Waals surface area contributed by atoms with Crippen LogP contribution in [0.5, 0.6) is 0 Å². The van der Waals surface area contributed by atoms with Crippen molar-refractivity contribution in [1.82, 2.24) is 0 Å². The fraction of sp³-hybridized carbons (Fsp3) is 1.00. The highest BCUT2D eigenvalue weighted by atomic mass is 16.3. The van der Waals surface area contributed by atoms with Crippen molar-refractivity contribution in [2.45, 2.75) is 283 Å². The lowest BCUT2D eigenvalue weighted by Gasteiger charge is -2.23. The van der Waals surface area contributed by atoms with E-state index in [0.717, 1.165) is 12.8 Å². The van der Waals surface area contributed by atoms with Crippen molar-refractivity contribution in [2.75, 3.05) is 0 Å². The molecule has 1 nitrogen and oxygen atoms in total. The second-order valence-electron chi connectivity index (χ2n) is 15.7. The monoisotopic (exact) mass is 635 g/mol. The fourth-order valence-corrected chi connectivity index (χ4v) is 7.29. The molecule has 45 heavy (non-hydrogen) atoms. The average Bonchev–Trinajstić information content (AvgIpc) is 3.03. The molecule has 1 heteroatoms. The largest absolute Gasteiger partial charge is 0.390 e. The number of rotatable bonds is 40. The molecule has 0 radical (unpaired) electrons. The Morgan fingerprint density at radius 1 is 0.244 bits per heavy atom. The maximum atomic E-state index is 10.8. The summed E-state index contributed by atoms with van der Waals surface area (Å²) in [5.74, 6) is 0. The highest BCUT2D eigenvalue weighted by Crippen LogP contribution is 2.23. The summed E-state index contributed by atoms with van der Waals surface area (Å²) in [6, 6.07) is 0. The van der Waals surface area contributed by atoms with Crippen molar-refractivity contribution in [1.29, 1.82) is 0 Å². The molecule has 0 aromatic rings. The Hall–Kier alpha value is -0.0400. The molecule has 1 N–H and O–H groups in total. The van der Waals surface area contributed by atoms with E-state index in [1.165, 1.54) is 244 Å². The quantitative estimate of drug-likeness (QED) is 0.0665. The zero-order valence-electron chi connectivity index (χ0n) is 32.2. The molecular formula is C44H90O. The molecule has 0 unspecified atom stereocenters. The van der Waals surface area contributed by atoms with E-state index in [-0.39, 0.29) is 0 Å². The van der Waals surface area contributed by atoms with Crippen LogP contribution >= 0.6 is 0 Å². The van der Waals surface area contributed by atoms with Crippen molar-refractivity contribution in [2.24, 2.45) is 0 Å². The van der Waals surface area contributed by atoms with Gasteiger partial charge in [0, 0.05) is 0 Å². The van der Waals surface area contributed by atoms with Gasteiger partial charge < -0.3 is 5.11 Å². The molecular weight excluding hydrogens is 544 g/mol. The van der Waals surface area contributed by atoms with Gasteiger partial charge in [-0.1, -0.05) is 258 Å². The number of aliphatic hydroxyl groups is 1. The standard InChI is InChI=1S/C44H90O/c1-4-6-8-10-12-14-16-18-20-22-24-26-28-30-32-34-36-38-40-42-44(3,45)43-41-39-37-35-33-31-29-27-25-23-21-19-17-15-13-11-9-7-5-2/h45H,4-43H2,1-3H3. The Morgan fingerprint density at radius 2 is 0.378 bits per heavy atom. The number of unbranched alkanes of at least 4 members (excludes halogenated alkanes) is 36. The van der Waals surface area contributed by atoms with E-state index in [4.69, 9.17) is 0 Å². The highest BCUT2D eigenvalue weighted by molar-refractivity contribution is 4.72. The molecule has 0 rings (SSSR count). The second kappa shape index (κ2) is 38.4. The van der Waals surface area contributed by atoms with Gasteiger partial charge in [0.25, 0.3) is 0 Å². The fourth-order valence-electron chi connectivity index (χ4n) is 7.29. The van der Waals surface area contributed by atoms with E-state index >= 15 is 0 Å². The predicted octanol–water partition coefficient (Wildman–Crippen LogP) is 16.4. The summed E-state index contributed by atoms with van der Waals surface area (Å²) in [6.07, 6.45) is 56.2. The van der Waals surface area contributed by atoms with Gasteiger partial charge in [-0.05, 0) is 19.8 Å². The maximum Gasteiger partial charge on any atom is 0.0619 e. The zero-order chi connectivity index (χ0) is 32.8. The van der Waals surface area contributed by atoms with Crippen LogP contribution in [0.15, 0.2) is 0 Å². The van der Waals surface area contributed by atoms with Crippen LogP contribution in [-0.4, -0.2) is 10.7 Å². The first kappa shape index (κ1) is 45.0. The lowest BCUT2D eigenvalue weighted by molar-refractivity contribution is 0.0366. The third-order valence-electron chi connectivity index (χ3n) is 10.6. The summed E-state index contributed by atoms with van der Waals surface area (Å²) in [6.45, 7) is 6.70. The van der Waals surface area contributed by atoms with Gasteiger partial charge in [0.15, 0.2) is 0 Å². The summed E-state index contributed by atoms with van der Waals surface area (Å²) in [5.41, 5.74) is -0.427. The van der Waals surface area contributed by atoms with Crippen LogP contribution < -0.4 is 0 Å². The van der Waals surface area contributed by atoms with Crippen LogP contribution in [0.4, 0.5) is 0 Å². The Balaban J connectivity index is 3.25. The minimum absolute atomic E-state index is 0.427. The first-order valence-electron chi connectivity index (χ1n) is 21.8. The molecule has 0 spiro atoms. The molecule has 0 aromatic carbocycles. The molecule has 0 saturated heterocycles. The minimum Gasteiger partial charge on any atom is -0.390 e. The average molecular weight is 635 g/mol. The SMILES string of the molecule is CCCCCCCCCCCCCCCCCCCCCC(C)(O)CCCCCCCCCCCCCCCCCCCCC. The summed E-state index contributed by atoms with van der Waals surface area (Å²) in [7, 11) is 0. The Bertz CT molecular complexity index is 467. The number of hydrogen-bond donors (Lipinski definition) is 1. The van der Waals surface area contributed by atoms with Crippen LogP contribution in [0.25, 0.3) is 0 Å². The van der Waals surface area contributed by atoms with Gasteiger partial charge in [0.2, 0.25) is 0 Å². The van der Waals surface area contributed by atoms with Crippen molar-refractivity contribution in [3.63, 3.8) is 0 Å². The van der Waals surface area contributed by atoms with Gasteiger partial charge in [-0.2, -0.15) is 0 Å². The van der Waals surface area contributed by atoms with Crippen LogP contribution in [0.1, 0.15) is 278 Å². The first-order chi connectivity index (χ1) is 22.1. The molecule has 0 saturated carbocycles. The molecule has 0 amide bonds. The topological polar surface area (TPSA) is 20.2 Å². The smallest absolute Gasteiger partial charge is 0.0619 e. The molecule has 0 atom stereocenters. The van der Waals surface area contributed by atoms with E-state index in [1.807, 2.05) is 0 Å². The molecule has 0 aliphatic rings. The zero-order valence-corrected chi connectivity index (χ0v) is 32.2. The summed E-state index contributed by atoms with van der Waals surface area (Å²) in [5, 5.41) is 10.8. The van der Waals surface area contributed by atoms with Gasteiger partial charge in [-0.15, -0.1) is 0 Å². The van der Waals surface area contributed by atoms with E-state index < -0.39 is 5.60 Å². The van der Waals surface area contributed by atoms with Gasteiger partial charge in [-0.25, -0.2) is 0 Å². The maximum absolute atomic E-state index is 10.8. The molecule has 0 bridgehead atoms. The summed E-state index contributed by atoms with van der Waals surface area (Å²) < 4.78 is 0. The van der Waals surface area contributed by atoms with Crippen molar-refractivity contribution >= 4 is 0 Å². The Morgan fingerprint density at radius 3 is 0.533 bits per heavy atom. The highest BCUT2D eigenvalue weighted by Gasteiger charge is 2.18. The van der Waals surface area contributed by atoms with Crippen LogP contribution in [0.2, 0.25) is 0 Å². The third kappa shape index (κ3) is 40.1. The molecule has 0 aliphatic heterocycles. The van der Waals surface area contributed by atoms with Crippen LogP contribution in [0, 0.1) is 0 Å². The van der Waals surface area contributed by atoms with Crippen LogP contribution in [0.3, 0.4) is 0 Å². The van der Waals surface area contributed by atoms with Crippen molar-refractivity contribution in [3.05, 3.63) is 0 Å². The first-order valence-corrected chi connectivity index (χ1v) is 21.8. The second-order valence-corrected chi connectivity index (χ2v) is 15.7. The molecule has 0 aliphatic carbocycles. The van der Waals surface area contributed by atoms with Gasteiger partial charge in [0.1, 0.15) is 0 Å². The normalized spacial score (nSPS) is 12.0. The van der Waals surface area contributed by atoms with Crippen molar-refractivity contribution < 1.29 is 5.11 Å². The van der Waals surface area contributed by atoms with Gasteiger partial charge >= 0.3 is 0 Å².